The van der Waals surface area contributed by atoms with Crippen LogP contribution in [-0.2, 0) is 0 Å². The van der Waals surface area contributed by atoms with E-state index in [1.807, 2.05) is 17.9 Å². The van der Waals surface area contributed by atoms with Gasteiger partial charge in [0.15, 0.2) is 0 Å². The molecule has 2 atom stereocenters. The van der Waals surface area contributed by atoms with Crippen molar-refractivity contribution < 1.29 is 4.79 Å². The smallest absolute Gasteiger partial charge is 0.254 e. The number of nitrogens with two attached hydrogens (primary N) is 1. The van der Waals surface area contributed by atoms with E-state index < -0.39 is 0 Å². The van der Waals surface area contributed by atoms with E-state index in [0.29, 0.717) is 23.3 Å². The molecular formula is C14H21N3O. The molecule has 1 saturated heterocycles. The Balaban J connectivity index is 2.20. The first-order chi connectivity index (χ1) is 8.47. The summed E-state index contributed by atoms with van der Waals surface area (Å²) in [4.78, 5) is 18.5. The Morgan fingerprint density at radius 3 is 2.78 bits per heavy atom. The lowest BCUT2D eigenvalue weighted by Gasteiger charge is -2.36. The monoisotopic (exact) mass is 247 g/mol. The summed E-state index contributed by atoms with van der Waals surface area (Å²) in [6.07, 6.45) is 2.15. The minimum atomic E-state index is 0.0756. The lowest BCUT2D eigenvalue weighted by atomic mass is 9.93. The molecule has 1 fully saturated rings. The molecule has 4 nitrogen and oxygen atoms in total. The second-order valence-electron chi connectivity index (χ2n) is 5.40. The Morgan fingerprint density at radius 1 is 1.44 bits per heavy atom. The molecular weight excluding hydrogens is 226 g/mol. The maximum absolute atomic E-state index is 12.5. The Bertz CT molecular complexity index is 438. The van der Waals surface area contributed by atoms with Crippen LogP contribution < -0.4 is 5.73 Å². The first kappa shape index (κ1) is 12.9. The van der Waals surface area contributed by atoms with Crippen molar-refractivity contribution in [3.05, 3.63) is 23.4 Å². The molecule has 2 rings (SSSR count). The van der Waals surface area contributed by atoms with Gasteiger partial charge in [-0.2, -0.15) is 0 Å². The number of anilines is 1. The molecule has 1 aliphatic rings. The molecule has 98 valence electrons. The molecule has 1 amide bonds. The predicted octanol–water partition coefficient (Wildman–Crippen LogP) is 2.23. The number of carbonyl (C=O) groups is 1. The fraction of sp³-hybridized carbons (Fsp3) is 0.571. The first-order valence-electron chi connectivity index (χ1n) is 6.52. The van der Waals surface area contributed by atoms with Gasteiger partial charge in [-0.1, -0.05) is 6.92 Å². The Morgan fingerprint density at radius 2 is 2.17 bits per heavy atom. The van der Waals surface area contributed by atoms with Gasteiger partial charge in [-0.15, -0.1) is 0 Å². The Kier molecular flexibility index (Phi) is 3.55. The third-order valence-electron chi connectivity index (χ3n) is 3.62. The zero-order chi connectivity index (χ0) is 13.3. The normalized spacial score (nSPS) is 24.1. The van der Waals surface area contributed by atoms with Gasteiger partial charge in [0, 0.05) is 23.8 Å². The Labute approximate surface area is 108 Å². The second-order valence-corrected chi connectivity index (χ2v) is 5.40. The molecule has 0 bridgehead atoms. The minimum absolute atomic E-state index is 0.0756. The quantitative estimate of drug-likeness (QED) is 0.828. The molecule has 1 aliphatic heterocycles. The van der Waals surface area contributed by atoms with E-state index in [4.69, 9.17) is 5.73 Å². The summed E-state index contributed by atoms with van der Waals surface area (Å²) >= 11 is 0. The van der Waals surface area contributed by atoms with E-state index in [-0.39, 0.29) is 5.91 Å². The highest BCUT2D eigenvalue weighted by atomic mass is 16.2. The van der Waals surface area contributed by atoms with Crippen LogP contribution in [0, 0.1) is 12.8 Å². The third kappa shape index (κ3) is 2.63. The van der Waals surface area contributed by atoms with Gasteiger partial charge in [-0.25, -0.2) is 4.98 Å². The maximum Gasteiger partial charge on any atom is 0.254 e. The zero-order valence-corrected chi connectivity index (χ0v) is 11.3. The molecule has 2 unspecified atom stereocenters. The van der Waals surface area contributed by atoms with Crippen molar-refractivity contribution in [2.45, 2.75) is 39.7 Å². The van der Waals surface area contributed by atoms with Gasteiger partial charge in [0.1, 0.15) is 5.82 Å². The number of hydrogen-bond donors (Lipinski definition) is 1. The molecule has 4 heteroatoms. The molecule has 2 heterocycles. The highest BCUT2D eigenvalue weighted by Crippen LogP contribution is 2.24. The van der Waals surface area contributed by atoms with E-state index in [1.165, 1.54) is 0 Å². The number of amides is 1. The van der Waals surface area contributed by atoms with Crippen LogP contribution in [0.15, 0.2) is 12.1 Å². The number of aryl methyl sites for hydroxylation is 1. The van der Waals surface area contributed by atoms with Crippen LogP contribution in [0.4, 0.5) is 5.82 Å². The minimum Gasteiger partial charge on any atom is -0.384 e. The fourth-order valence-electron chi connectivity index (χ4n) is 2.69. The van der Waals surface area contributed by atoms with Gasteiger partial charge in [-0.3, -0.25) is 4.79 Å². The number of hydrogen-bond acceptors (Lipinski definition) is 3. The molecule has 0 saturated carbocycles. The number of nitrogens with zero attached hydrogens (tertiary/aromatic N) is 2. The van der Waals surface area contributed by atoms with Crippen molar-refractivity contribution in [2.24, 2.45) is 5.92 Å². The van der Waals surface area contributed by atoms with Crippen molar-refractivity contribution in [1.82, 2.24) is 9.88 Å². The van der Waals surface area contributed by atoms with Crippen LogP contribution >= 0.6 is 0 Å². The molecule has 2 N–H and O–H groups in total. The number of piperidine rings is 1. The van der Waals surface area contributed by atoms with Crippen LogP contribution in [0.3, 0.4) is 0 Å². The number of aromatic nitrogens is 1. The average molecular weight is 247 g/mol. The predicted molar refractivity (Wildman–Crippen MR) is 72.3 cm³/mol. The molecule has 1 aromatic rings. The average Bonchev–Trinajstić information content (AvgIpc) is 2.26. The van der Waals surface area contributed by atoms with E-state index in [0.717, 1.165) is 25.1 Å². The van der Waals surface area contributed by atoms with Crippen LogP contribution in [0.2, 0.25) is 0 Å². The van der Waals surface area contributed by atoms with Crippen molar-refractivity contribution >= 4 is 11.7 Å². The van der Waals surface area contributed by atoms with Crippen LogP contribution in [0.5, 0.6) is 0 Å². The van der Waals surface area contributed by atoms with Crippen molar-refractivity contribution in [3.63, 3.8) is 0 Å². The molecule has 1 aromatic heterocycles. The van der Waals surface area contributed by atoms with Crippen LogP contribution in [-0.4, -0.2) is 28.4 Å². The lowest BCUT2D eigenvalue weighted by Crippen LogP contribution is -2.44. The standard InChI is InChI=1S/C14H21N3O/c1-9-4-5-17(11(3)6-9)14(18)12-7-10(2)16-13(15)8-12/h7-9,11H,4-6H2,1-3H3,(H2,15,16). The SMILES string of the molecule is Cc1cc(C(=O)N2CCC(C)CC2C)cc(N)n1. The van der Waals surface area contributed by atoms with E-state index >= 15 is 0 Å². The largest absolute Gasteiger partial charge is 0.384 e. The van der Waals surface area contributed by atoms with Gasteiger partial charge < -0.3 is 10.6 Å². The number of rotatable bonds is 1. The zero-order valence-electron chi connectivity index (χ0n) is 11.3. The lowest BCUT2D eigenvalue weighted by molar-refractivity contribution is 0.0588. The summed E-state index contributed by atoms with van der Waals surface area (Å²) in [5.41, 5.74) is 7.14. The molecule has 18 heavy (non-hydrogen) atoms. The summed E-state index contributed by atoms with van der Waals surface area (Å²) in [6.45, 7) is 7.05. The van der Waals surface area contributed by atoms with Crippen molar-refractivity contribution in [3.8, 4) is 0 Å². The van der Waals surface area contributed by atoms with Gasteiger partial charge >= 0.3 is 0 Å². The molecule has 0 spiro atoms. The highest BCUT2D eigenvalue weighted by molar-refractivity contribution is 5.95. The molecule has 0 aliphatic carbocycles. The van der Waals surface area contributed by atoms with Gasteiger partial charge in [0.2, 0.25) is 0 Å². The second kappa shape index (κ2) is 4.96. The van der Waals surface area contributed by atoms with Crippen LogP contribution in [0.25, 0.3) is 0 Å². The number of likely N-dealkylation sites (tertiary alicyclic amines) is 1. The van der Waals surface area contributed by atoms with E-state index in [2.05, 4.69) is 18.8 Å². The maximum atomic E-state index is 12.5. The highest BCUT2D eigenvalue weighted by Gasteiger charge is 2.27. The summed E-state index contributed by atoms with van der Waals surface area (Å²) in [7, 11) is 0. The third-order valence-corrected chi connectivity index (χ3v) is 3.62. The summed E-state index contributed by atoms with van der Waals surface area (Å²) in [5.74, 6) is 1.19. The van der Waals surface area contributed by atoms with Crippen LogP contribution in [0.1, 0.15) is 42.7 Å². The Hall–Kier alpha value is -1.58. The van der Waals surface area contributed by atoms with E-state index in [9.17, 15) is 4.79 Å². The van der Waals surface area contributed by atoms with E-state index in [1.54, 1.807) is 6.07 Å². The molecule has 0 aromatic carbocycles. The van der Waals surface area contributed by atoms with Crippen molar-refractivity contribution in [2.75, 3.05) is 12.3 Å². The van der Waals surface area contributed by atoms with Crippen molar-refractivity contribution in [1.29, 1.82) is 0 Å². The van der Waals surface area contributed by atoms with Gasteiger partial charge in [0.05, 0.1) is 0 Å². The summed E-state index contributed by atoms with van der Waals surface area (Å²) < 4.78 is 0. The fourth-order valence-corrected chi connectivity index (χ4v) is 2.69. The summed E-state index contributed by atoms with van der Waals surface area (Å²) in [6, 6.07) is 3.78. The topological polar surface area (TPSA) is 59.2 Å². The number of pyridine rings is 1. The number of nitrogen functional groups attached to an aromatic ring is 1. The number of carbonyl (C=O) groups excluding carboxylic acids is 1. The molecule has 0 radical (unpaired) electrons. The summed E-state index contributed by atoms with van der Waals surface area (Å²) in [5, 5.41) is 0. The van der Waals surface area contributed by atoms with Gasteiger partial charge in [0.25, 0.3) is 5.91 Å². The van der Waals surface area contributed by atoms with Gasteiger partial charge in [-0.05, 0) is 44.7 Å². The first-order valence-corrected chi connectivity index (χ1v) is 6.52.